The molecule has 0 aliphatic rings. The van der Waals surface area contributed by atoms with Crippen LogP contribution in [0.15, 0.2) is 12.7 Å². The second-order valence-electron chi connectivity index (χ2n) is 2.16. The highest BCUT2D eigenvalue weighted by molar-refractivity contribution is 4.64. The van der Waals surface area contributed by atoms with E-state index in [0.717, 1.165) is 0 Å². The lowest BCUT2D eigenvalue weighted by Crippen LogP contribution is -2.25. The van der Waals surface area contributed by atoms with Crippen molar-refractivity contribution in [1.29, 1.82) is 0 Å². The van der Waals surface area contributed by atoms with Gasteiger partial charge in [-0.3, -0.25) is 0 Å². The van der Waals surface area contributed by atoms with Gasteiger partial charge in [-0.15, -0.1) is 6.58 Å². The maximum Gasteiger partial charge on any atom is 0.143 e. The van der Waals surface area contributed by atoms with Crippen LogP contribution in [-0.4, -0.2) is 40.1 Å². The predicted molar refractivity (Wildman–Crippen MR) is 45.9 cm³/mol. The fourth-order valence-corrected chi connectivity index (χ4v) is 0.667. The predicted octanol–water partition coefficient (Wildman–Crippen LogP) is 0.714. The monoisotopic (exact) mass is 192 g/mol. The van der Waals surface area contributed by atoms with Gasteiger partial charge in [-0.05, 0) is 0 Å². The molecule has 0 radical (unpaired) electrons. The van der Waals surface area contributed by atoms with Crippen LogP contribution in [0.25, 0.3) is 0 Å². The van der Waals surface area contributed by atoms with Crippen LogP contribution < -0.4 is 0 Å². The highest BCUT2D eigenvalue weighted by Gasteiger charge is 2.10. The first-order chi connectivity index (χ1) is 6.35. The van der Waals surface area contributed by atoms with Gasteiger partial charge in [-0.2, -0.15) is 0 Å². The van der Waals surface area contributed by atoms with E-state index in [1.54, 1.807) is 6.08 Å². The molecular formula is C8H16O5. The SMILES string of the molecule is C=CCOCC(COOC)OOC. The molecule has 0 fully saturated rings. The largest absolute Gasteiger partial charge is 0.374 e. The first kappa shape index (κ1) is 12.5. The molecule has 0 saturated heterocycles. The molecule has 0 bridgehead atoms. The Bertz CT molecular complexity index is 117. The molecule has 0 spiro atoms. The van der Waals surface area contributed by atoms with Gasteiger partial charge in [0.15, 0.2) is 0 Å². The van der Waals surface area contributed by atoms with Crippen molar-refractivity contribution in [1.82, 2.24) is 0 Å². The number of rotatable bonds is 9. The summed E-state index contributed by atoms with van der Waals surface area (Å²) in [4.78, 5) is 18.4. The summed E-state index contributed by atoms with van der Waals surface area (Å²) in [5, 5.41) is 0. The zero-order valence-corrected chi connectivity index (χ0v) is 8.02. The molecule has 13 heavy (non-hydrogen) atoms. The van der Waals surface area contributed by atoms with Gasteiger partial charge >= 0.3 is 0 Å². The van der Waals surface area contributed by atoms with E-state index in [9.17, 15) is 0 Å². The van der Waals surface area contributed by atoms with Crippen LogP contribution in [0, 0.1) is 0 Å². The third-order valence-electron chi connectivity index (χ3n) is 1.14. The van der Waals surface area contributed by atoms with Crippen LogP contribution in [-0.2, 0) is 24.3 Å². The first-order valence-electron chi connectivity index (χ1n) is 3.88. The molecule has 0 amide bonds. The number of hydrogen-bond donors (Lipinski definition) is 0. The summed E-state index contributed by atoms with van der Waals surface area (Å²) in [6, 6.07) is 0. The number of ether oxygens (including phenoxy) is 1. The zero-order valence-electron chi connectivity index (χ0n) is 8.02. The number of hydrogen-bond acceptors (Lipinski definition) is 5. The minimum Gasteiger partial charge on any atom is -0.374 e. The zero-order chi connectivity index (χ0) is 9.94. The van der Waals surface area contributed by atoms with Crippen molar-refractivity contribution in [2.24, 2.45) is 0 Å². The van der Waals surface area contributed by atoms with Crippen LogP contribution in [0.5, 0.6) is 0 Å². The molecule has 0 saturated carbocycles. The quantitative estimate of drug-likeness (QED) is 0.233. The topological polar surface area (TPSA) is 46.2 Å². The molecule has 0 N–H and O–H groups in total. The Balaban J connectivity index is 3.46. The minimum absolute atomic E-state index is 0.251. The summed E-state index contributed by atoms with van der Waals surface area (Å²) >= 11 is 0. The summed E-state index contributed by atoms with van der Waals surface area (Å²) in [6.45, 7) is 4.60. The second kappa shape index (κ2) is 9.63. The molecule has 5 heteroatoms. The van der Waals surface area contributed by atoms with Crippen molar-refractivity contribution in [2.45, 2.75) is 6.10 Å². The summed E-state index contributed by atoms with van der Waals surface area (Å²) < 4.78 is 5.14. The van der Waals surface area contributed by atoms with E-state index in [2.05, 4.69) is 21.2 Å². The second-order valence-corrected chi connectivity index (χ2v) is 2.16. The summed E-state index contributed by atoms with van der Waals surface area (Å²) in [7, 11) is 2.85. The Hall–Kier alpha value is -0.460. The molecule has 0 aromatic heterocycles. The fourth-order valence-electron chi connectivity index (χ4n) is 0.667. The van der Waals surface area contributed by atoms with Gasteiger partial charge in [0.05, 0.1) is 27.4 Å². The van der Waals surface area contributed by atoms with E-state index in [1.807, 2.05) is 0 Å². The van der Waals surface area contributed by atoms with Gasteiger partial charge in [0.2, 0.25) is 0 Å². The van der Waals surface area contributed by atoms with Gasteiger partial charge in [0.25, 0.3) is 0 Å². The molecule has 0 aliphatic heterocycles. The van der Waals surface area contributed by atoms with Crippen molar-refractivity contribution < 1.29 is 24.3 Å². The first-order valence-corrected chi connectivity index (χ1v) is 3.88. The Morgan fingerprint density at radius 2 is 2.00 bits per heavy atom. The van der Waals surface area contributed by atoms with Crippen LogP contribution >= 0.6 is 0 Å². The van der Waals surface area contributed by atoms with E-state index < -0.39 is 0 Å². The molecule has 78 valence electrons. The van der Waals surface area contributed by atoms with E-state index in [0.29, 0.717) is 13.2 Å². The van der Waals surface area contributed by atoms with Crippen LogP contribution in [0.1, 0.15) is 0 Å². The van der Waals surface area contributed by atoms with Crippen LogP contribution in [0.4, 0.5) is 0 Å². The summed E-state index contributed by atoms with van der Waals surface area (Å²) in [5.74, 6) is 0. The third-order valence-corrected chi connectivity index (χ3v) is 1.14. The van der Waals surface area contributed by atoms with Crippen molar-refractivity contribution in [2.75, 3.05) is 34.0 Å². The highest BCUT2D eigenvalue weighted by atomic mass is 17.2. The van der Waals surface area contributed by atoms with Crippen molar-refractivity contribution in [3.63, 3.8) is 0 Å². The summed E-state index contributed by atoms with van der Waals surface area (Å²) in [5.41, 5.74) is 0. The molecule has 1 atom stereocenters. The molecule has 0 rings (SSSR count). The highest BCUT2D eigenvalue weighted by Crippen LogP contribution is 1.95. The van der Waals surface area contributed by atoms with E-state index in [4.69, 9.17) is 9.62 Å². The molecule has 5 nitrogen and oxygen atoms in total. The van der Waals surface area contributed by atoms with E-state index >= 15 is 0 Å². The fraction of sp³-hybridized carbons (Fsp3) is 0.750. The van der Waals surface area contributed by atoms with Gasteiger partial charge in [0, 0.05) is 0 Å². The standard InChI is InChI=1S/C8H16O5/c1-4-5-11-6-8(13-10-3)7-12-9-2/h4,8H,1,5-7H2,2-3H3. The van der Waals surface area contributed by atoms with E-state index in [-0.39, 0.29) is 12.7 Å². The Morgan fingerprint density at radius 3 is 2.54 bits per heavy atom. The average Bonchev–Trinajstić information content (AvgIpc) is 2.14. The molecule has 1 unspecified atom stereocenters. The maximum atomic E-state index is 5.14. The molecular weight excluding hydrogens is 176 g/mol. The lowest BCUT2D eigenvalue weighted by atomic mass is 10.4. The lowest BCUT2D eigenvalue weighted by molar-refractivity contribution is -0.353. The summed E-state index contributed by atoms with van der Waals surface area (Å²) in [6.07, 6.45) is 1.35. The third kappa shape index (κ3) is 7.89. The molecule has 0 aromatic carbocycles. The van der Waals surface area contributed by atoms with Crippen molar-refractivity contribution in [3.05, 3.63) is 12.7 Å². The average molecular weight is 192 g/mol. The molecule has 0 aliphatic carbocycles. The van der Waals surface area contributed by atoms with Gasteiger partial charge in [-0.1, -0.05) is 6.08 Å². The van der Waals surface area contributed by atoms with Gasteiger partial charge in [0.1, 0.15) is 12.7 Å². The van der Waals surface area contributed by atoms with Crippen LogP contribution in [0.2, 0.25) is 0 Å². The van der Waals surface area contributed by atoms with Gasteiger partial charge in [-0.25, -0.2) is 19.6 Å². The van der Waals surface area contributed by atoms with Gasteiger partial charge < -0.3 is 4.74 Å². The van der Waals surface area contributed by atoms with Crippen molar-refractivity contribution >= 4 is 0 Å². The lowest BCUT2D eigenvalue weighted by Gasteiger charge is -2.13. The smallest absolute Gasteiger partial charge is 0.143 e. The van der Waals surface area contributed by atoms with Crippen molar-refractivity contribution in [3.8, 4) is 0 Å². The van der Waals surface area contributed by atoms with E-state index in [1.165, 1.54) is 14.2 Å². The molecule has 0 aromatic rings. The Labute approximate surface area is 78.0 Å². The minimum atomic E-state index is -0.301. The van der Waals surface area contributed by atoms with Crippen LogP contribution in [0.3, 0.4) is 0 Å². The maximum absolute atomic E-state index is 5.14. The normalized spacial score (nSPS) is 12.8. The Kier molecular flexibility index (Phi) is 9.29. The Morgan fingerprint density at radius 1 is 1.23 bits per heavy atom. The molecule has 0 heterocycles.